The summed E-state index contributed by atoms with van der Waals surface area (Å²) in [5, 5.41) is 16.2. The van der Waals surface area contributed by atoms with E-state index in [9.17, 15) is 5.11 Å². The molecule has 112 valence electrons. The average molecular weight is 278 g/mol. The molecule has 1 fully saturated rings. The Bertz CT molecular complexity index is 436. The fourth-order valence-electron chi connectivity index (χ4n) is 3.05. The minimum atomic E-state index is 0.249. The first-order chi connectivity index (χ1) is 9.67. The smallest absolute Gasteiger partial charge is 0.135 e. The van der Waals surface area contributed by atoms with Crippen LogP contribution in [-0.4, -0.2) is 34.8 Å². The fraction of sp³-hybridized carbons (Fsp3) is 0.733. The van der Waals surface area contributed by atoms with Gasteiger partial charge in [0.25, 0.3) is 0 Å². The highest BCUT2D eigenvalue weighted by atomic mass is 16.3. The molecule has 0 radical (unpaired) electrons. The molecule has 1 aliphatic rings. The van der Waals surface area contributed by atoms with Gasteiger partial charge in [-0.05, 0) is 18.8 Å². The van der Waals surface area contributed by atoms with E-state index in [2.05, 4.69) is 34.4 Å². The zero-order chi connectivity index (χ0) is 14.5. The third-order valence-corrected chi connectivity index (χ3v) is 4.16. The Hall–Kier alpha value is -1.36. The molecular formula is C15H26N4O. The minimum Gasteiger partial charge on any atom is -0.396 e. The Morgan fingerprint density at radius 1 is 1.25 bits per heavy atom. The highest BCUT2D eigenvalue weighted by Gasteiger charge is 2.26. The highest BCUT2D eigenvalue weighted by Crippen LogP contribution is 2.32. The fourth-order valence-corrected chi connectivity index (χ4v) is 3.05. The van der Waals surface area contributed by atoms with E-state index in [1.807, 2.05) is 7.05 Å². The van der Waals surface area contributed by atoms with Crippen LogP contribution in [0.3, 0.4) is 0 Å². The van der Waals surface area contributed by atoms with Crippen molar-refractivity contribution in [3.63, 3.8) is 0 Å². The van der Waals surface area contributed by atoms with Gasteiger partial charge in [-0.15, -0.1) is 0 Å². The first kappa shape index (κ1) is 15.0. The number of rotatable bonds is 5. The summed E-state index contributed by atoms with van der Waals surface area (Å²) in [6.07, 6.45) is 6.22. The lowest BCUT2D eigenvalue weighted by Gasteiger charge is -2.32. The maximum absolute atomic E-state index is 9.53. The van der Waals surface area contributed by atoms with Gasteiger partial charge in [0.2, 0.25) is 0 Å². The molecule has 0 aromatic carbocycles. The number of nitrogens with one attached hydrogen (secondary N) is 2. The topological polar surface area (TPSA) is 70.1 Å². The molecule has 2 atom stereocenters. The SMILES string of the molecule is CNc1ncnc(NC2CCCCC2CO)c1C(C)C. The summed E-state index contributed by atoms with van der Waals surface area (Å²) in [5.41, 5.74) is 1.12. The number of hydrogen-bond donors (Lipinski definition) is 3. The molecule has 1 saturated carbocycles. The van der Waals surface area contributed by atoms with Crippen molar-refractivity contribution in [2.24, 2.45) is 5.92 Å². The van der Waals surface area contributed by atoms with E-state index < -0.39 is 0 Å². The Kier molecular flexibility index (Phi) is 5.17. The molecule has 0 spiro atoms. The maximum Gasteiger partial charge on any atom is 0.135 e. The monoisotopic (exact) mass is 278 g/mol. The quantitative estimate of drug-likeness (QED) is 0.772. The lowest BCUT2D eigenvalue weighted by molar-refractivity contribution is 0.178. The van der Waals surface area contributed by atoms with Gasteiger partial charge in [-0.1, -0.05) is 26.7 Å². The first-order valence-electron chi connectivity index (χ1n) is 7.57. The molecular weight excluding hydrogens is 252 g/mol. The van der Waals surface area contributed by atoms with Crippen molar-refractivity contribution >= 4 is 11.6 Å². The van der Waals surface area contributed by atoms with Crippen molar-refractivity contribution in [2.75, 3.05) is 24.3 Å². The van der Waals surface area contributed by atoms with Crippen LogP contribution in [-0.2, 0) is 0 Å². The summed E-state index contributed by atoms with van der Waals surface area (Å²) in [4.78, 5) is 8.73. The molecule has 5 nitrogen and oxygen atoms in total. The molecule has 2 rings (SSSR count). The molecule has 5 heteroatoms. The summed E-state index contributed by atoms with van der Waals surface area (Å²) < 4.78 is 0. The third kappa shape index (κ3) is 3.20. The zero-order valence-corrected chi connectivity index (χ0v) is 12.7. The summed E-state index contributed by atoms with van der Waals surface area (Å²) in [5.74, 6) is 2.47. The van der Waals surface area contributed by atoms with Crippen LogP contribution in [0.4, 0.5) is 11.6 Å². The van der Waals surface area contributed by atoms with Gasteiger partial charge in [0, 0.05) is 31.2 Å². The van der Waals surface area contributed by atoms with Crippen molar-refractivity contribution in [1.29, 1.82) is 0 Å². The first-order valence-corrected chi connectivity index (χ1v) is 7.57. The van der Waals surface area contributed by atoms with Crippen LogP contribution in [0.1, 0.15) is 51.0 Å². The van der Waals surface area contributed by atoms with Crippen LogP contribution >= 0.6 is 0 Å². The van der Waals surface area contributed by atoms with E-state index in [0.29, 0.717) is 17.9 Å². The van der Waals surface area contributed by atoms with Crippen LogP contribution in [0.2, 0.25) is 0 Å². The van der Waals surface area contributed by atoms with Crippen molar-refractivity contribution in [3.05, 3.63) is 11.9 Å². The summed E-state index contributed by atoms with van der Waals surface area (Å²) >= 11 is 0. The van der Waals surface area contributed by atoms with Gasteiger partial charge >= 0.3 is 0 Å². The normalized spacial score (nSPS) is 22.9. The van der Waals surface area contributed by atoms with Crippen LogP contribution in [0.25, 0.3) is 0 Å². The second-order valence-electron chi connectivity index (χ2n) is 5.87. The molecule has 1 aliphatic carbocycles. The van der Waals surface area contributed by atoms with Crippen molar-refractivity contribution < 1.29 is 5.11 Å². The average Bonchev–Trinajstić information content (AvgIpc) is 2.47. The highest BCUT2D eigenvalue weighted by molar-refractivity contribution is 5.59. The summed E-state index contributed by atoms with van der Waals surface area (Å²) in [6.45, 7) is 4.54. The molecule has 1 heterocycles. The van der Waals surface area contributed by atoms with Gasteiger partial charge in [-0.3, -0.25) is 0 Å². The summed E-state index contributed by atoms with van der Waals surface area (Å²) in [6, 6.07) is 0.311. The lowest BCUT2D eigenvalue weighted by atomic mass is 9.85. The van der Waals surface area contributed by atoms with E-state index in [1.54, 1.807) is 6.33 Å². The standard InChI is InChI=1S/C15H26N4O/c1-10(2)13-14(16-3)17-9-18-15(13)19-12-7-5-4-6-11(12)8-20/h9-12,20H,4-8H2,1-3H3,(H2,16,17,18,19). The van der Waals surface area contributed by atoms with Crippen molar-refractivity contribution in [3.8, 4) is 0 Å². The van der Waals surface area contributed by atoms with E-state index in [1.165, 1.54) is 12.8 Å². The van der Waals surface area contributed by atoms with Gasteiger partial charge in [0.15, 0.2) is 0 Å². The van der Waals surface area contributed by atoms with E-state index in [-0.39, 0.29) is 6.61 Å². The lowest BCUT2D eigenvalue weighted by Crippen LogP contribution is -2.35. The molecule has 0 amide bonds. The minimum absolute atomic E-state index is 0.249. The number of nitrogens with zero attached hydrogens (tertiary/aromatic N) is 2. The van der Waals surface area contributed by atoms with Gasteiger partial charge in [-0.2, -0.15) is 0 Å². The largest absolute Gasteiger partial charge is 0.396 e. The van der Waals surface area contributed by atoms with Crippen LogP contribution < -0.4 is 10.6 Å². The molecule has 1 aromatic heterocycles. The number of aliphatic hydroxyl groups is 1. The number of anilines is 2. The summed E-state index contributed by atoms with van der Waals surface area (Å²) in [7, 11) is 1.88. The molecule has 2 unspecified atom stereocenters. The number of aliphatic hydroxyl groups excluding tert-OH is 1. The Morgan fingerprint density at radius 2 is 1.95 bits per heavy atom. The van der Waals surface area contributed by atoms with Crippen molar-refractivity contribution in [2.45, 2.75) is 51.5 Å². The maximum atomic E-state index is 9.53. The predicted octanol–water partition coefficient (Wildman–Crippen LogP) is 2.60. The molecule has 20 heavy (non-hydrogen) atoms. The number of hydrogen-bond acceptors (Lipinski definition) is 5. The molecule has 1 aromatic rings. The zero-order valence-electron chi connectivity index (χ0n) is 12.7. The van der Waals surface area contributed by atoms with Gasteiger partial charge in [-0.25, -0.2) is 9.97 Å². The van der Waals surface area contributed by atoms with Crippen LogP contribution in [0, 0.1) is 5.92 Å². The molecule has 0 saturated heterocycles. The van der Waals surface area contributed by atoms with Gasteiger partial charge < -0.3 is 15.7 Å². The Morgan fingerprint density at radius 3 is 2.60 bits per heavy atom. The Balaban J connectivity index is 2.23. The van der Waals surface area contributed by atoms with Crippen LogP contribution in [0.5, 0.6) is 0 Å². The second kappa shape index (κ2) is 6.88. The van der Waals surface area contributed by atoms with Crippen molar-refractivity contribution in [1.82, 2.24) is 9.97 Å². The molecule has 0 aliphatic heterocycles. The Labute approximate surface area is 121 Å². The van der Waals surface area contributed by atoms with Crippen LogP contribution in [0.15, 0.2) is 6.33 Å². The van der Waals surface area contributed by atoms with Gasteiger partial charge in [0.05, 0.1) is 0 Å². The van der Waals surface area contributed by atoms with Gasteiger partial charge in [0.1, 0.15) is 18.0 Å². The third-order valence-electron chi connectivity index (χ3n) is 4.16. The number of aromatic nitrogens is 2. The van der Waals surface area contributed by atoms with E-state index >= 15 is 0 Å². The van der Waals surface area contributed by atoms with E-state index in [4.69, 9.17) is 0 Å². The second-order valence-corrected chi connectivity index (χ2v) is 5.87. The molecule has 0 bridgehead atoms. The molecule has 3 N–H and O–H groups in total. The van der Waals surface area contributed by atoms with E-state index in [0.717, 1.165) is 30.0 Å². The predicted molar refractivity (Wildman–Crippen MR) is 82.1 cm³/mol.